The van der Waals surface area contributed by atoms with Gasteiger partial charge in [0.2, 0.25) is 0 Å². The molecule has 0 aliphatic heterocycles. The van der Waals surface area contributed by atoms with Crippen molar-refractivity contribution in [3.8, 4) is 5.75 Å². The molecule has 0 spiro atoms. The number of benzene rings is 1. The molecular formula is C16H21NO2. The summed E-state index contributed by atoms with van der Waals surface area (Å²) in [7, 11) is 0. The topological polar surface area (TPSA) is 42.1 Å². The number of ketones is 1. The second kappa shape index (κ2) is 5.91. The molecule has 1 aromatic carbocycles. The number of carbonyl (C=O) groups is 1. The monoisotopic (exact) mass is 259 g/mol. The van der Waals surface area contributed by atoms with E-state index in [0.29, 0.717) is 6.61 Å². The number of aromatic amines is 1. The predicted molar refractivity (Wildman–Crippen MR) is 77.9 cm³/mol. The molecule has 3 nitrogen and oxygen atoms in total. The zero-order valence-electron chi connectivity index (χ0n) is 11.8. The number of aromatic nitrogens is 1. The van der Waals surface area contributed by atoms with E-state index in [0.717, 1.165) is 35.1 Å². The third-order valence-electron chi connectivity index (χ3n) is 3.59. The number of ether oxygens (including phenoxy) is 1. The Kier molecular flexibility index (Phi) is 4.25. The van der Waals surface area contributed by atoms with Crippen LogP contribution in [-0.4, -0.2) is 17.4 Å². The van der Waals surface area contributed by atoms with Crippen molar-refractivity contribution < 1.29 is 9.53 Å². The summed E-state index contributed by atoms with van der Waals surface area (Å²) in [6.07, 6.45) is 3.58. The van der Waals surface area contributed by atoms with Crippen molar-refractivity contribution in [1.29, 1.82) is 0 Å². The van der Waals surface area contributed by atoms with Gasteiger partial charge in [0.1, 0.15) is 5.75 Å². The van der Waals surface area contributed by atoms with Crippen LogP contribution in [0.1, 0.15) is 44.0 Å². The number of Topliss-reactive ketones (excluding diaryl/α,β-unsaturated/α-hetero) is 1. The first-order valence-corrected chi connectivity index (χ1v) is 6.99. The Morgan fingerprint density at radius 2 is 2.00 bits per heavy atom. The Morgan fingerprint density at radius 1 is 1.26 bits per heavy atom. The van der Waals surface area contributed by atoms with E-state index in [1.807, 2.05) is 31.3 Å². The van der Waals surface area contributed by atoms with Gasteiger partial charge in [-0.15, -0.1) is 0 Å². The summed E-state index contributed by atoms with van der Waals surface area (Å²) in [6, 6.07) is 5.84. The van der Waals surface area contributed by atoms with E-state index in [9.17, 15) is 4.79 Å². The minimum Gasteiger partial charge on any atom is -0.494 e. The lowest BCUT2D eigenvalue weighted by Gasteiger charge is -2.10. The van der Waals surface area contributed by atoms with Crippen LogP contribution >= 0.6 is 0 Å². The Labute approximate surface area is 114 Å². The molecular weight excluding hydrogens is 238 g/mol. The average Bonchev–Trinajstić information content (AvgIpc) is 2.83. The molecule has 2 rings (SSSR count). The van der Waals surface area contributed by atoms with E-state index in [-0.39, 0.29) is 11.7 Å². The van der Waals surface area contributed by atoms with Crippen molar-refractivity contribution in [2.24, 2.45) is 5.92 Å². The lowest BCUT2D eigenvalue weighted by molar-refractivity contribution is 0.0915. The molecule has 1 aromatic heterocycles. The molecule has 0 unspecified atom stereocenters. The molecule has 0 aliphatic rings. The van der Waals surface area contributed by atoms with E-state index >= 15 is 0 Å². The van der Waals surface area contributed by atoms with Crippen LogP contribution in [0, 0.1) is 5.92 Å². The van der Waals surface area contributed by atoms with Crippen LogP contribution in [0.3, 0.4) is 0 Å². The molecule has 0 saturated heterocycles. The highest BCUT2D eigenvalue weighted by Gasteiger charge is 2.19. The molecule has 0 fully saturated rings. The summed E-state index contributed by atoms with van der Waals surface area (Å²) >= 11 is 0. The highest BCUT2D eigenvalue weighted by molar-refractivity contribution is 6.09. The lowest BCUT2D eigenvalue weighted by atomic mass is 9.93. The lowest BCUT2D eigenvalue weighted by Crippen LogP contribution is -2.12. The first kappa shape index (κ1) is 13.7. The van der Waals surface area contributed by atoms with E-state index < -0.39 is 0 Å². The van der Waals surface area contributed by atoms with Crippen LogP contribution in [0.25, 0.3) is 10.9 Å². The van der Waals surface area contributed by atoms with Crippen LogP contribution in [0.5, 0.6) is 5.75 Å². The van der Waals surface area contributed by atoms with Crippen LogP contribution in [0.4, 0.5) is 0 Å². The summed E-state index contributed by atoms with van der Waals surface area (Å²) in [6.45, 7) is 6.71. The van der Waals surface area contributed by atoms with Gasteiger partial charge in [-0.05, 0) is 38.0 Å². The molecule has 1 heterocycles. The molecule has 1 N–H and O–H groups in total. The minimum atomic E-state index is 0.106. The first-order valence-electron chi connectivity index (χ1n) is 6.99. The predicted octanol–water partition coefficient (Wildman–Crippen LogP) is 4.19. The molecule has 0 radical (unpaired) electrons. The van der Waals surface area contributed by atoms with E-state index in [2.05, 4.69) is 18.8 Å². The maximum Gasteiger partial charge on any atom is 0.168 e. The van der Waals surface area contributed by atoms with Crippen LogP contribution < -0.4 is 4.74 Å². The quantitative estimate of drug-likeness (QED) is 0.790. The Hall–Kier alpha value is -1.77. The van der Waals surface area contributed by atoms with Crippen molar-refractivity contribution in [3.63, 3.8) is 0 Å². The van der Waals surface area contributed by atoms with Gasteiger partial charge < -0.3 is 9.72 Å². The smallest absolute Gasteiger partial charge is 0.168 e. The van der Waals surface area contributed by atoms with Crippen molar-refractivity contribution in [2.75, 3.05) is 6.61 Å². The van der Waals surface area contributed by atoms with Gasteiger partial charge in [0.25, 0.3) is 0 Å². The van der Waals surface area contributed by atoms with Crippen molar-refractivity contribution >= 4 is 16.7 Å². The van der Waals surface area contributed by atoms with Crippen molar-refractivity contribution in [3.05, 3.63) is 30.0 Å². The SMILES string of the molecule is CCOc1ccc2[nH]cc(C(=O)C(CC)CC)c2c1. The van der Waals surface area contributed by atoms with E-state index in [4.69, 9.17) is 4.74 Å². The van der Waals surface area contributed by atoms with Gasteiger partial charge >= 0.3 is 0 Å². The highest BCUT2D eigenvalue weighted by atomic mass is 16.5. The molecule has 2 aromatic rings. The fourth-order valence-corrected chi connectivity index (χ4v) is 2.44. The van der Waals surface area contributed by atoms with Gasteiger partial charge in [-0.1, -0.05) is 13.8 Å². The Balaban J connectivity index is 2.42. The Bertz CT molecular complexity index is 567. The normalized spacial score (nSPS) is 11.2. The maximum atomic E-state index is 12.5. The van der Waals surface area contributed by atoms with Gasteiger partial charge in [-0.2, -0.15) is 0 Å². The van der Waals surface area contributed by atoms with Crippen LogP contribution in [0.2, 0.25) is 0 Å². The fraction of sp³-hybridized carbons (Fsp3) is 0.438. The first-order chi connectivity index (χ1) is 9.21. The molecule has 0 bridgehead atoms. The average molecular weight is 259 g/mol. The number of H-pyrrole nitrogens is 1. The number of nitrogens with one attached hydrogen (secondary N) is 1. The van der Waals surface area contributed by atoms with E-state index in [1.54, 1.807) is 0 Å². The number of fused-ring (bicyclic) bond motifs is 1. The van der Waals surface area contributed by atoms with Crippen molar-refractivity contribution in [2.45, 2.75) is 33.6 Å². The van der Waals surface area contributed by atoms with Gasteiger partial charge in [-0.25, -0.2) is 0 Å². The number of rotatable bonds is 6. The fourth-order valence-electron chi connectivity index (χ4n) is 2.44. The van der Waals surface area contributed by atoms with Gasteiger partial charge in [0, 0.05) is 28.6 Å². The van der Waals surface area contributed by atoms with E-state index in [1.165, 1.54) is 0 Å². The molecule has 0 saturated carbocycles. The minimum absolute atomic E-state index is 0.106. The second-order valence-electron chi connectivity index (χ2n) is 4.72. The molecule has 19 heavy (non-hydrogen) atoms. The van der Waals surface area contributed by atoms with Gasteiger partial charge in [-0.3, -0.25) is 4.79 Å². The zero-order chi connectivity index (χ0) is 13.8. The third kappa shape index (κ3) is 2.65. The molecule has 0 atom stereocenters. The standard InChI is InChI=1S/C16H21NO2/c1-4-11(5-2)16(18)14-10-17-15-8-7-12(19-6-3)9-13(14)15/h7-11,17H,4-6H2,1-3H3. The van der Waals surface area contributed by atoms with Gasteiger partial charge in [0.15, 0.2) is 5.78 Å². The number of carbonyl (C=O) groups excluding carboxylic acids is 1. The Morgan fingerprint density at radius 3 is 2.63 bits per heavy atom. The third-order valence-corrected chi connectivity index (χ3v) is 3.59. The largest absolute Gasteiger partial charge is 0.494 e. The molecule has 0 amide bonds. The molecule has 0 aliphatic carbocycles. The highest BCUT2D eigenvalue weighted by Crippen LogP contribution is 2.27. The van der Waals surface area contributed by atoms with Crippen LogP contribution in [0.15, 0.2) is 24.4 Å². The summed E-state index contributed by atoms with van der Waals surface area (Å²) in [5.41, 5.74) is 1.77. The maximum absolute atomic E-state index is 12.5. The summed E-state index contributed by atoms with van der Waals surface area (Å²) in [5.74, 6) is 1.15. The van der Waals surface area contributed by atoms with Gasteiger partial charge in [0.05, 0.1) is 6.61 Å². The van der Waals surface area contributed by atoms with Crippen LogP contribution in [-0.2, 0) is 0 Å². The number of hydrogen-bond donors (Lipinski definition) is 1. The number of hydrogen-bond acceptors (Lipinski definition) is 2. The summed E-state index contributed by atoms with van der Waals surface area (Å²) < 4.78 is 5.51. The molecule has 102 valence electrons. The van der Waals surface area contributed by atoms with Crippen molar-refractivity contribution in [1.82, 2.24) is 4.98 Å². The summed E-state index contributed by atoms with van der Waals surface area (Å²) in [5, 5.41) is 0.961. The zero-order valence-corrected chi connectivity index (χ0v) is 11.8. The second-order valence-corrected chi connectivity index (χ2v) is 4.72. The molecule has 3 heteroatoms. The summed E-state index contributed by atoms with van der Waals surface area (Å²) in [4.78, 5) is 15.7.